The second-order valence-electron chi connectivity index (χ2n) is 5.51. The van der Waals surface area contributed by atoms with Crippen molar-refractivity contribution in [2.24, 2.45) is 0 Å². The van der Waals surface area contributed by atoms with E-state index in [1.54, 1.807) is 31.2 Å². The highest BCUT2D eigenvalue weighted by molar-refractivity contribution is 7.89. The molecule has 1 heterocycles. The molecule has 0 saturated carbocycles. The van der Waals surface area contributed by atoms with E-state index < -0.39 is 16.0 Å². The molecule has 3 N–H and O–H groups in total. The summed E-state index contributed by atoms with van der Waals surface area (Å²) < 4.78 is 26.8. The molecule has 0 aliphatic rings. The summed E-state index contributed by atoms with van der Waals surface area (Å²) in [5.74, 6) is -0.918. The van der Waals surface area contributed by atoms with Gasteiger partial charge in [-0.05, 0) is 38.5 Å². The number of nitrogens with one attached hydrogen (secondary N) is 2. The zero-order valence-corrected chi connectivity index (χ0v) is 14.8. The summed E-state index contributed by atoms with van der Waals surface area (Å²) in [4.78, 5) is 19.1. The van der Waals surface area contributed by atoms with Crippen LogP contribution in [0.15, 0.2) is 35.2 Å². The summed E-state index contributed by atoms with van der Waals surface area (Å²) in [5, 5.41) is 11.9. The zero-order valence-electron chi connectivity index (χ0n) is 14.0. The Morgan fingerprint density at radius 1 is 1.12 bits per heavy atom. The molecule has 2 aromatic rings. The Labute approximate surface area is 146 Å². The molecule has 1 aromatic heterocycles. The van der Waals surface area contributed by atoms with E-state index >= 15 is 0 Å². The number of aryl methyl sites for hydroxylation is 2. The van der Waals surface area contributed by atoms with Crippen molar-refractivity contribution in [3.63, 3.8) is 0 Å². The van der Waals surface area contributed by atoms with Crippen LogP contribution in [0.2, 0.25) is 0 Å². The molecule has 0 amide bonds. The Bertz CT molecular complexity index is 851. The standard InChI is InChI=1S/C16H20N4O4S/c1-11-4-6-13(7-5-11)25(23,24)18-9-3-8-17-16-19-12(2)10-14(20-16)15(21)22/h4-7,10,18H,3,8-9H2,1-2H3,(H,21,22)(H,17,19,20). The lowest BCUT2D eigenvalue weighted by Crippen LogP contribution is -2.26. The van der Waals surface area contributed by atoms with E-state index in [0.717, 1.165) is 5.56 Å². The van der Waals surface area contributed by atoms with Gasteiger partial charge < -0.3 is 10.4 Å². The maximum Gasteiger partial charge on any atom is 0.354 e. The first-order valence-electron chi connectivity index (χ1n) is 7.67. The fourth-order valence-corrected chi connectivity index (χ4v) is 3.13. The van der Waals surface area contributed by atoms with Crippen molar-refractivity contribution < 1.29 is 18.3 Å². The molecule has 0 bridgehead atoms. The number of carboxylic acids is 1. The number of nitrogens with zero attached hydrogens (tertiary/aromatic N) is 2. The van der Waals surface area contributed by atoms with Crippen LogP contribution in [-0.2, 0) is 10.0 Å². The van der Waals surface area contributed by atoms with Crippen LogP contribution >= 0.6 is 0 Å². The van der Waals surface area contributed by atoms with Gasteiger partial charge in [0.2, 0.25) is 16.0 Å². The van der Waals surface area contributed by atoms with Crippen LogP contribution in [0.5, 0.6) is 0 Å². The van der Waals surface area contributed by atoms with Crippen LogP contribution in [0.1, 0.15) is 28.2 Å². The van der Waals surface area contributed by atoms with Crippen LogP contribution in [-0.4, -0.2) is 42.6 Å². The predicted octanol–water partition coefficient (Wildman–Crippen LogP) is 1.57. The summed E-state index contributed by atoms with van der Waals surface area (Å²) >= 11 is 0. The van der Waals surface area contributed by atoms with Crippen molar-refractivity contribution >= 4 is 21.9 Å². The summed E-state index contributed by atoms with van der Waals surface area (Å²) in [6, 6.07) is 7.98. The number of aromatic carboxylic acids is 1. The van der Waals surface area contributed by atoms with Gasteiger partial charge in [0, 0.05) is 18.8 Å². The van der Waals surface area contributed by atoms with Crippen molar-refractivity contribution in [3.8, 4) is 0 Å². The van der Waals surface area contributed by atoms with Gasteiger partial charge in [-0.2, -0.15) is 0 Å². The average Bonchev–Trinajstić information content (AvgIpc) is 2.54. The van der Waals surface area contributed by atoms with Gasteiger partial charge >= 0.3 is 5.97 Å². The number of anilines is 1. The highest BCUT2D eigenvalue weighted by atomic mass is 32.2. The van der Waals surface area contributed by atoms with Gasteiger partial charge in [0.05, 0.1) is 4.90 Å². The van der Waals surface area contributed by atoms with Gasteiger partial charge in [0.15, 0.2) is 5.69 Å². The molecule has 0 saturated heterocycles. The molecule has 0 aliphatic heterocycles. The molecule has 2 rings (SSSR count). The van der Waals surface area contributed by atoms with Gasteiger partial charge in [-0.3, -0.25) is 0 Å². The van der Waals surface area contributed by atoms with E-state index in [0.29, 0.717) is 18.7 Å². The number of carboxylic acid groups (broad SMARTS) is 1. The third kappa shape index (κ3) is 5.50. The number of sulfonamides is 1. The second-order valence-corrected chi connectivity index (χ2v) is 7.28. The van der Waals surface area contributed by atoms with E-state index in [2.05, 4.69) is 20.0 Å². The first-order chi connectivity index (χ1) is 11.8. The number of aromatic nitrogens is 2. The molecule has 134 valence electrons. The van der Waals surface area contributed by atoms with Gasteiger partial charge in [0.25, 0.3) is 0 Å². The van der Waals surface area contributed by atoms with E-state index in [1.165, 1.54) is 6.07 Å². The van der Waals surface area contributed by atoms with E-state index in [4.69, 9.17) is 5.11 Å². The predicted molar refractivity (Wildman–Crippen MR) is 93.2 cm³/mol. The smallest absolute Gasteiger partial charge is 0.354 e. The van der Waals surface area contributed by atoms with E-state index in [-0.39, 0.29) is 23.1 Å². The van der Waals surface area contributed by atoms with E-state index in [1.807, 2.05) is 6.92 Å². The Hall–Kier alpha value is -2.52. The third-order valence-electron chi connectivity index (χ3n) is 3.33. The van der Waals surface area contributed by atoms with Crippen molar-refractivity contribution in [1.82, 2.24) is 14.7 Å². The van der Waals surface area contributed by atoms with Crippen molar-refractivity contribution in [3.05, 3.63) is 47.3 Å². The Morgan fingerprint density at radius 3 is 2.44 bits per heavy atom. The maximum absolute atomic E-state index is 12.1. The molecule has 9 heteroatoms. The molecule has 0 unspecified atom stereocenters. The highest BCUT2D eigenvalue weighted by Crippen LogP contribution is 2.10. The molecule has 8 nitrogen and oxygen atoms in total. The van der Waals surface area contributed by atoms with E-state index in [9.17, 15) is 13.2 Å². The van der Waals surface area contributed by atoms with Crippen LogP contribution in [0.4, 0.5) is 5.95 Å². The fraction of sp³-hybridized carbons (Fsp3) is 0.312. The number of carbonyl (C=O) groups is 1. The number of hydrogen-bond donors (Lipinski definition) is 3. The average molecular weight is 364 g/mol. The molecular formula is C16H20N4O4S. The summed E-state index contributed by atoms with van der Waals surface area (Å²) in [6.45, 7) is 4.20. The molecule has 25 heavy (non-hydrogen) atoms. The van der Waals surface area contributed by atoms with Crippen LogP contribution in [0, 0.1) is 13.8 Å². The monoisotopic (exact) mass is 364 g/mol. The SMILES string of the molecule is Cc1ccc(S(=O)(=O)NCCCNc2nc(C)cc(C(=O)O)n2)cc1. The summed E-state index contributed by atoms with van der Waals surface area (Å²) in [5.41, 5.74) is 1.44. The summed E-state index contributed by atoms with van der Waals surface area (Å²) in [7, 11) is -3.53. The van der Waals surface area contributed by atoms with Crippen LogP contribution < -0.4 is 10.0 Å². The Morgan fingerprint density at radius 2 is 1.80 bits per heavy atom. The molecular weight excluding hydrogens is 344 g/mol. The Kier molecular flexibility index (Phi) is 6.05. The number of rotatable bonds is 8. The first kappa shape index (κ1) is 18.8. The van der Waals surface area contributed by atoms with Crippen LogP contribution in [0.25, 0.3) is 0 Å². The molecule has 0 spiro atoms. The van der Waals surface area contributed by atoms with Gasteiger partial charge in [0.1, 0.15) is 0 Å². The topological polar surface area (TPSA) is 121 Å². The van der Waals surface area contributed by atoms with Crippen molar-refractivity contribution in [1.29, 1.82) is 0 Å². The molecule has 0 atom stereocenters. The lowest BCUT2D eigenvalue weighted by Gasteiger charge is -2.08. The minimum absolute atomic E-state index is 0.0879. The summed E-state index contributed by atoms with van der Waals surface area (Å²) in [6.07, 6.45) is 0.491. The highest BCUT2D eigenvalue weighted by Gasteiger charge is 2.12. The van der Waals surface area contributed by atoms with Crippen LogP contribution in [0.3, 0.4) is 0 Å². The quantitative estimate of drug-likeness (QED) is 0.608. The lowest BCUT2D eigenvalue weighted by molar-refractivity contribution is 0.0690. The lowest BCUT2D eigenvalue weighted by atomic mass is 10.2. The third-order valence-corrected chi connectivity index (χ3v) is 4.81. The minimum atomic E-state index is -3.53. The second kappa shape index (κ2) is 8.04. The Balaban J connectivity index is 1.83. The number of hydrogen-bond acceptors (Lipinski definition) is 6. The van der Waals surface area contributed by atoms with Gasteiger partial charge in [-0.1, -0.05) is 17.7 Å². The van der Waals surface area contributed by atoms with Gasteiger partial charge in [-0.25, -0.2) is 27.9 Å². The normalized spacial score (nSPS) is 11.3. The molecule has 0 aliphatic carbocycles. The first-order valence-corrected chi connectivity index (χ1v) is 9.15. The molecule has 0 fully saturated rings. The van der Waals surface area contributed by atoms with Crippen molar-refractivity contribution in [2.75, 3.05) is 18.4 Å². The maximum atomic E-state index is 12.1. The van der Waals surface area contributed by atoms with Crippen molar-refractivity contribution in [2.45, 2.75) is 25.2 Å². The fourth-order valence-electron chi connectivity index (χ4n) is 2.05. The minimum Gasteiger partial charge on any atom is -0.477 e. The molecule has 1 aromatic carbocycles. The van der Waals surface area contributed by atoms with Gasteiger partial charge in [-0.15, -0.1) is 0 Å². The zero-order chi connectivity index (χ0) is 18.4. The number of benzene rings is 1. The molecule has 0 radical (unpaired) electrons. The largest absolute Gasteiger partial charge is 0.477 e.